The van der Waals surface area contributed by atoms with Crippen LogP contribution in [0, 0.1) is 5.92 Å². The van der Waals surface area contributed by atoms with Crippen LogP contribution in [0.15, 0.2) is 18.2 Å². The predicted molar refractivity (Wildman–Crippen MR) is 113 cm³/mol. The third-order valence-electron chi connectivity index (χ3n) is 6.47. The van der Waals surface area contributed by atoms with Crippen LogP contribution in [0.3, 0.4) is 0 Å². The van der Waals surface area contributed by atoms with Crippen LogP contribution in [0.1, 0.15) is 69.6 Å². The molecule has 30 heavy (non-hydrogen) atoms. The highest BCUT2D eigenvalue weighted by molar-refractivity contribution is 6.22. The Morgan fingerprint density at radius 1 is 1.00 bits per heavy atom. The molecule has 2 fully saturated rings. The third-order valence-corrected chi connectivity index (χ3v) is 6.47. The maximum absolute atomic E-state index is 12.8. The van der Waals surface area contributed by atoms with Gasteiger partial charge in [0.15, 0.2) is 0 Å². The second-order valence-corrected chi connectivity index (χ2v) is 8.54. The van der Waals surface area contributed by atoms with Crippen LogP contribution in [0.25, 0.3) is 0 Å². The van der Waals surface area contributed by atoms with E-state index in [1.807, 2.05) is 0 Å². The van der Waals surface area contributed by atoms with E-state index >= 15 is 0 Å². The van der Waals surface area contributed by atoms with E-state index in [9.17, 15) is 14.4 Å². The number of fused-ring (bicyclic) bond motifs is 1. The Morgan fingerprint density at radius 2 is 1.73 bits per heavy atom. The van der Waals surface area contributed by atoms with E-state index in [4.69, 9.17) is 4.74 Å². The molecule has 162 valence electrons. The normalized spacial score (nSPS) is 20.5. The van der Waals surface area contributed by atoms with Crippen LogP contribution >= 0.6 is 0 Å². The van der Waals surface area contributed by atoms with Gasteiger partial charge in [-0.1, -0.05) is 19.3 Å². The minimum atomic E-state index is -0.293. The zero-order chi connectivity index (χ0) is 20.9. The first kappa shape index (κ1) is 21.0. The number of ether oxygens (including phenoxy) is 1. The number of morpholine rings is 1. The summed E-state index contributed by atoms with van der Waals surface area (Å²) < 4.78 is 5.35. The van der Waals surface area contributed by atoms with Crippen molar-refractivity contribution in [2.24, 2.45) is 5.92 Å². The van der Waals surface area contributed by atoms with Crippen LogP contribution in [0.5, 0.6) is 0 Å². The van der Waals surface area contributed by atoms with Gasteiger partial charge in [-0.25, -0.2) is 0 Å². The van der Waals surface area contributed by atoms with Crippen molar-refractivity contribution in [2.45, 2.75) is 38.5 Å². The van der Waals surface area contributed by atoms with E-state index in [1.165, 1.54) is 24.2 Å². The van der Waals surface area contributed by atoms with Crippen molar-refractivity contribution in [1.29, 1.82) is 0 Å². The number of hydrogen-bond acceptors (Lipinski definition) is 5. The molecule has 0 spiro atoms. The molecular formula is C23H31N3O4. The number of hydrogen-bond donors (Lipinski definition) is 1. The number of nitrogens with zero attached hydrogens (tertiary/aromatic N) is 2. The Balaban J connectivity index is 1.33. The molecule has 0 aromatic heterocycles. The summed E-state index contributed by atoms with van der Waals surface area (Å²) in [6.07, 6.45) is 6.82. The summed E-state index contributed by atoms with van der Waals surface area (Å²) in [6, 6.07) is 4.85. The zero-order valence-corrected chi connectivity index (χ0v) is 17.5. The van der Waals surface area contributed by atoms with Gasteiger partial charge in [-0.3, -0.25) is 24.2 Å². The molecule has 3 aliphatic rings. The highest BCUT2D eigenvalue weighted by atomic mass is 16.5. The van der Waals surface area contributed by atoms with Crippen molar-refractivity contribution in [3.05, 3.63) is 34.9 Å². The molecule has 7 nitrogen and oxygen atoms in total. The quantitative estimate of drug-likeness (QED) is 0.694. The first-order valence-corrected chi connectivity index (χ1v) is 11.2. The molecule has 1 aromatic carbocycles. The number of rotatable bonds is 7. The lowest BCUT2D eigenvalue weighted by Gasteiger charge is -2.27. The van der Waals surface area contributed by atoms with Gasteiger partial charge in [0.1, 0.15) is 0 Å². The van der Waals surface area contributed by atoms with Gasteiger partial charge in [-0.05, 0) is 43.4 Å². The van der Waals surface area contributed by atoms with Crippen molar-refractivity contribution < 1.29 is 19.1 Å². The minimum Gasteiger partial charge on any atom is -0.379 e. The Labute approximate surface area is 177 Å². The highest BCUT2D eigenvalue weighted by Crippen LogP contribution is 2.25. The van der Waals surface area contributed by atoms with E-state index in [1.54, 1.807) is 18.2 Å². The van der Waals surface area contributed by atoms with Crippen molar-refractivity contribution in [3.8, 4) is 0 Å². The van der Waals surface area contributed by atoms with Crippen LogP contribution in [-0.2, 0) is 4.74 Å². The smallest absolute Gasteiger partial charge is 0.261 e. The minimum absolute atomic E-state index is 0.172. The summed E-state index contributed by atoms with van der Waals surface area (Å²) >= 11 is 0. The topological polar surface area (TPSA) is 79.0 Å². The largest absolute Gasteiger partial charge is 0.379 e. The molecule has 3 amide bonds. The molecule has 2 heterocycles. The average molecular weight is 414 g/mol. The highest BCUT2D eigenvalue weighted by Gasteiger charge is 2.35. The molecule has 0 bridgehead atoms. The van der Waals surface area contributed by atoms with E-state index in [0.717, 1.165) is 52.1 Å². The fourth-order valence-electron chi connectivity index (χ4n) is 4.64. The Bertz CT molecular complexity index is 798. The summed E-state index contributed by atoms with van der Waals surface area (Å²) in [5.74, 6) is -0.179. The van der Waals surface area contributed by atoms with E-state index in [-0.39, 0.29) is 17.7 Å². The predicted octanol–water partition coefficient (Wildman–Crippen LogP) is 2.32. The Kier molecular flexibility index (Phi) is 6.79. The average Bonchev–Trinajstić information content (AvgIpc) is 3.03. The zero-order valence-electron chi connectivity index (χ0n) is 17.5. The second kappa shape index (κ2) is 9.71. The molecule has 1 saturated heterocycles. The molecule has 1 aromatic rings. The molecule has 4 rings (SSSR count). The second-order valence-electron chi connectivity index (χ2n) is 8.54. The maximum atomic E-state index is 12.8. The summed E-state index contributed by atoms with van der Waals surface area (Å²) in [5, 5.41) is 3.00. The summed E-state index contributed by atoms with van der Waals surface area (Å²) in [7, 11) is 0. The fraction of sp³-hybridized carbons (Fsp3) is 0.609. The van der Waals surface area contributed by atoms with Gasteiger partial charge in [0.25, 0.3) is 17.7 Å². The number of carbonyl (C=O) groups excluding carboxylic acids is 3. The summed E-state index contributed by atoms with van der Waals surface area (Å²) in [6.45, 7) is 5.16. The van der Waals surface area contributed by atoms with Gasteiger partial charge >= 0.3 is 0 Å². The number of nitrogens with one attached hydrogen (secondary N) is 1. The number of amides is 3. The maximum Gasteiger partial charge on any atom is 0.261 e. The molecule has 7 heteroatoms. The molecule has 0 unspecified atom stereocenters. The van der Waals surface area contributed by atoms with Crippen LogP contribution in [-0.4, -0.2) is 73.5 Å². The molecule has 2 aliphatic heterocycles. The number of benzene rings is 1. The van der Waals surface area contributed by atoms with Crippen molar-refractivity contribution in [1.82, 2.24) is 15.1 Å². The first-order valence-electron chi connectivity index (χ1n) is 11.2. The number of carbonyl (C=O) groups is 3. The molecule has 1 saturated carbocycles. The van der Waals surface area contributed by atoms with Gasteiger partial charge in [0, 0.05) is 38.3 Å². The molecule has 1 N–H and O–H groups in total. The van der Waals surface area contributed by atoms with Gasteiger partial charge in [0.2, 0.25) is 0 Å². The van der Waals surface area contributed by atoms with Gasteiger partial charge in [0.05, 0.1) is 24.3 Å². The van der Waals surface area contributed by atoms with Crippen LogP contribution in [0.2, 0.25) is 0 Å². The lowest BCUT2D eigenvalue weighted by Crippen LogP contribution is -2.39. The van der Waals surface area contributed by atoms with E-state index in [0.29, 0.717) is 35.7 Å². The molecule has 1 aliphatic carbocycles. The van der Waals surface area contributed by atoms with Gasteiger partial charge < -0.3 is 10.1 Å². The molecule has 0 atom stereocenters. The molecular weight excluding hydrogens is 382 g/mol. The summed E-state index contributed by atoms with van der Waals surface area (Å²) in [5.41, 5.74) is 1.19. The fourth-order valence-corrected chi connectivity index (χ4v) is 4.64. The van der Waals surface area contributed by atoms with Crippen molar-refractivity contribution in [3.63, 3.8) is 0 Å². The first-order chi connectivity index (χ1) is 14.6. The standard InChI is InChI=1S/C23H31N3O4/c27-21(24-16-17-5-2-1-3-6-17)18-7-8-19-20(15-18)23(29)26(22(19)28)10-4-9-25-11-13-30-14-12-25/h7-8,15,17H,1-6,9-14,16H2,(H,24,27). The van der Waals surface area contributed by atoms with Crippen molar-refractivity contribution >= 4 is 17.7 Å². The van der Waals surface area contributed by atoms with Gasteiger partial charge in [-0.15, -0.1) is 0 Å². The monoisotopic (exact) mass is 413 g/mol. The van der Waals surface area contributed by atoms with Gasteiger partial charge in [-0.2, -0.15) is 0 Å². The molecule has 0 radical (unpaired) electrons. The third kappa shape index (κ3) is 4.73. The van der Waals surface area contributed by atoms with E-state index in [2.05, 4.69) is 10.2 Å². The van der Waals surface area contributed by atoms with Crippen molar-refractivity contribution in [2.75, 3.05) is 45.9 Å². The van der Waals surface area contributed by atoms with Crippen LogP contribution in [0.4, 0.5) is 0 Å². The van der Waals surface area contributed by atoms with Crippen LogP contribution < -0.4 is 5.32 Å². The Morgan fingerprint density at radius 3 is 2.50 bits per heavy atom. The SMILES string of the molecule is O=C(NCC1CCCCC1)c1ccc2c(c1)C(=O)N(CCCN1CCOCC1)C2=O. The lowest BCUT2D eigenvalue weighted by atomic mass is 9.89. The van der Waals surface area contributed by atoms with E-state index < -0.39 is 0 Å². The number of imide groups is 1. The lowest BCUT2D eigenvalue weighted by molar-refractivity contribution is 0.0355. The summed E-state index contributed by atoms with van der Waals surface area (Å²) in [4.78, 5) is 41.7. The Hall–Kier alpha value is -2.25.